The van der Waals surface area contributed by atoms with E-state index in [0.29, 0.717) is 11.4 Å². The molecular weight excluding hydrogens is 401 g/mol. The van der Waals surface area contributed by atoms with Gasteiger partial charge in [-0.25, -0.2) is 4.68 Å². The number of nitrogens with one attached hydrogen (secondary N) is 1. The van der Waals surface area contributed by atoms with E-state index in [1.54, 1.807) is 0 Å². The summed E-state index contributed by atoms with van der Waals surface area (Å²) in [6, 6.07) is 4.82. The second-order valence-corrected chi connectivity index (χ2v) is 7.02. The number of carbonyl (C=O) groups is 2. The molecular formula is C19H17F3N6O2. The SMILES string of the molecule is NC(=O)Cn1cc(NC(=O)c2cnn(-c3cccc(C(F)(F)F)c3)c2C2CC2)cn1. The van der Waals surface area contributed by atoms with Crippen molar-refractivity contribution < 1.29 is 22.8 Å². The number of carbonyl (C=O) groups excluding carboxylic acids is 2. The number of amides is 2. The zero-order valence-electron chi connectivity index (χ0n) is 15.6. The van der Waals surface area contributed by atoms with E-state index in [2.05, 4.69) is 15.5 Å². The van der Waals surface area contributed by atoms with Crippen LogP contribution in [0, 0.1) is 0 Å². The Kier molecular flexibility index (Phi) is 4.80. The molecule has 1 aliphatic rings. The fourth-order valence-electron chi connectivity index (χ4n) is 3.17. The minimum absolute atomic E-state index is 0.0420. The van der Waals surface area contributed by atoms with E-state index in [0.717, 1.165) is 25.0 Å². The van der Waals surface area contributed by atoms with Crippen LogP contribution >= 0.6 is 0 Å². The Labute approximate surface area is 168 Å². The highest BCUT2D eigenvalue weighted by Crippen LogP contribution is 2.43. The van der Waals surface area contributed by atoms with E-state index in [4.69, 9.17) is 5.73 Å². The van der Waals surface area contributed by atoms with Crippen molar-refractivity contribution >= 4 is 17.5 Å². The van der Waals surface area contributed by atoms with Gasteiger partial charge in [0.15, 0.2) is 0 Å². The number of hydrogen-bond acceptors (Lipinski definition) is 4. The predicted molar refractivity (Wildman–Crippen MR) is 99.9 cm³/mol. The fourth-order valence-corrected chi connectivity index (χ4v) is 3.17. The molecule has 1 aliphatic carbocycles. The molecule has 2 aromatic heterocycles. The quantitative estimate of drug-likeness (QED) is 0.642. The Morgan fingerprint density at radius 3 is 2.63 bits per heavy atom. The highest BCUT2D eigenvalue weighted by atomic mass is 19.4. The average molecular weight is 418 g/mol. The lowest BCUT2D eigenvalue weighted by Gasteiger charge is -2.12. The second-order valence-electron chi connectivity index (χ2n) is 7.02. The van der Waals surface area contributed by atoms with Crippen LogP contribution in [0.3, 0.4) is 0 Å². The maximum absolute atomic E-state index is 13.1. The molecule has 1 aromatic carbocycles. The van der Waals surface area contributed by atoms with Gasteiger partial charge in [-0.2, -0.15) is 23.4 Å². The number of rotatable bonds is 6. The lowest BCUT2D eigenvalue weighted by Crippen LogP contribution is -2.18. The molecule has 2 amide bonds. The Morgan fingerprint density at radius 2 is 1.97 bits per heavy atom. The third kappa shape index (κ3) is 4.04. The number of primary amides is 1. The molecule has 0 aliphatic heterocycles. The number of hydrogen-bond donors (Lipinski definition) is 2. The van der Waals surface area contributed by atoms with E-state index in [-0.39, 0.29) is 23.7 Å². The molecule has 1 saturated carbocycles. The Hall–Kier alpha value is -3.63. The predicted octanol–water partition coefficient (Wildman–Crippen LogP) is 2.70. The topological polar surface area (TPSA) is 108 Å². The first-order chi connectivity index (χ1) is 14.2. The molecule has 0 saturated heterocycles. The van der Waals surface area contributed by atoms with E-state index in [1.807, 2.05) is 0 Å². The van der Waals surface area contributed by atoms with Crippen molar-refractivity contribution in [3.63, 3.8) is 0 Å². The second kappa shape index (κ2) is 7.32. The van der Waals surface area contributed by atoms with Crippen molar-refractivity contribution in [3.8, 4) is 5.69 Å². The van der Waals surface area contributed by atoms with Crippen molar-refractivity contribution in [3.05, 3.63) is 59.7 Å². The summed E-state index contributed by atoms with van der Waals surface area (Å²) in [5.41, 5.74) is 5.76. The first-order valence-corrected chi connectivity index (χ1v) is 9.10. The first kappa shape index (κ1) is 19.7. The van der Waals surface area contributed by atoms with Crippen LogP contribution in [0.15, 0.2) is 42.9 Å². The van der Waals surface area contributed by atoms with E-state index in [1.165, 1.54) is 40.1 Å². The molecule has 11 heteroatoms. The van der Waals surface area contributed by atoms with Crippen molar-refractivity contribution in [1.29, 1.82) is 0 Å². The number of alkyl halides is 3. The van der Waals surface area contributed by atoms with Crippen molar-refractivity contribution in [2.75, 3.05) is 5.32 Å². The van der Waals surface area contributed by atoms with Crippen LogP contribution in [0.4, 0.5) is 18.9 Å². The third-order valence-corrected chi connectivity index (χ3v) is 4.64. The van der Waals surface area contributed by atoms with Gasteiger partial charge in [0.2, 0.25) is 5.91 Å². The molecule has 2 heterocycles. The molecule has 3 N–H and O–H groups in total. The minimum Gasteiger partial charge on any atom is -0.368 e. The van der Waals surface area contributed by atoms with Gasteiger partial charge < -0.3 is 11.1 Å². The molecule has 8 nitrogen and oxygen atoms in total. The number of benzene rings is 1. The van der Waals surface area contributed by atoms with Gasteiger partial charge in [-0.3, -0.25) is 14.3 Å². The van der Waals surface area contributed by atoms with Crippen molar-refractivity contribution in [2.45, 2.75) is 31.5 Å². The molecule has 1 fully saturated rings. The maximum atomic E-state index is 13.1. The molecule has 30 heavy (non-hydrogen) atoms. The Bertz CT molecular complexity index is 1110. The largest absolute Gasteiger partial charge is 0.416 e. The van der Waals surface area contributed by atoms with Crippen LogP contribution in [-0.2, 0) is 17.5 Å². The van der Waals surface area contributed by atoms with E-state index in [9.17, 15) is 22.8 Å². The Balaban J connectivity index is 1.63. The smallest absolute Gasteiger partial charge is 0.368 e. The summed E-state index contributed by atoms with van der Waals surface area (Å²) in [6.45, 7) is -0.128. The lowest BCUT2D eigenvalue weighted by atomic mass is 10.1. The highest BCUT2D eigenvalue weighted by Gasteiger charge is 2.34. The van der Waals surface area contributed by atoms with Crippen LogP contribution in [0.1, 0.15) is 40.4 Å². The molecule has 0 unspecified atom stereocenters. The van der Waals surface area contributed by atoms with Gasteiger partial charge in [-0.1, -0.05) is 6.07 Å². The van der Waals surface area contributed by atoms with Gasteiger partial charge >= 0.3 is 6.18 Å². The van der Waals surface area contributed by atoms with Crippen molar-refractivity contribution in [1.82, 2.24) is 19.6 Å². The number of anilines is 1. The van der Waals surface area contributed by atoms with Gasteiger partial charge in [0.1, 0.15) is 6.54 Å². The van der Waals surface area contributed by atoms with Gasteiger partial charge in [-0.05, 0) is 31.0 Å². The summed E-state index contributed by atoms with van der Waals surface area (Å²) in [5.74, 6) is -0.997. The maximum Gasteiger partial charge on any atom is 0.416 e. The highest BCUT2D eigenvalue weighted by molar-refractivity contribution is 6.05. The van der Waals surface area contributed by atoms with Crippen LogP contribution < -0.4 is 11.1 Å². The molecule has 0 radical (unpaired) electrons. The molecule has 0 bridgehead atoms. The van der Waals surface area contributed by atoms with Crippen LogP contribution in [-0.4, -0.2) is 31.4 Å². The summed E-state index contributed by atoms with van der Waals surface area (Å²) in [7, 11) is 0. The summed E-state index contributed by atoms with van der Waals surface area (Å²) >= 11 is 0. The summed E-state index contributed by atoms with van der Waals surface area (Å²) in [4.78, 5) is 23.8. The Morgan fingerprint density at radius 1 is 1.20 bits per heavy atom. The molecule has 0 spiro atoms. The first-order valence-electron chi connectivity index (χ1n) is 9.10. The van der Waals surface area contributed by atoms with Gasteiger partial charge in [0.25, 0.3) is 5.91 Å². The number of aromatic nitrogens is 4. The molecule has 156 valence electrons. The zero-order valence-corrected chi connectivity index (χ0v) is 15.6. The summed E-state index contributed by atoms with van der Waals surface area (Å²) in [6.07, 6.45) is 1.33. The minimum atomic E-state index is -4.48. The standard InChI is InChI=1S/C19H17F3N6O2/c20-19(21,22)12-2-1-3-14(6-12)28-17(11-4-5-11)15(8-25-28)18(30)26-13-7-24-27(9-13)10-16(23)29/h1-3,6-9,11H,4-5,10H2,(H2,23,29)(H,26,30). The molecule has 0 atom stereocenters. The van der Waals surface area contributed by atoms with E-state index < -0.39 is 23.6 Å². The normalized spacial score (nSPS) is 14.0. The fraction of sp³-hybridized carbons (Fsp3) is 0.263. The van der Waals surface area contributed by atoms with Crippen molar-refractivity contribution in [2.24, 2.45) is 5.73 Å². The van der Waals surface area contributed by atoms with Gasteiger partial charge in [0.05, 0.1) is 40.6 Å². The van der Waals surface area contributed by atoms with Crippen LogP contribution in [0.5, 0.6) is 0 Å². The number of halogens is 3. The monoisotopic (exact) mass is 418 g/mol. The molecule has 3 aromatic rings. The number of nitrogens with two attached hydrogens (primary N) is 1. The van der Waals surface area contributed by atoms with Crippen LogP contribution in [0.2, 0.25) is 0 Å². The van der Waals surface area contributed by atoms with Gasteiger partial charge in [0, 0.05) is 12.1 Å². The molecule has 4 rings (SSSR count). The summed E-state index contributed by atoms with van der Waals surface area (Å²) in [5, 5.41) is 10.8. The number of nitrogens with zero attached hydrogens (tertiary/aromatic N) is 4. The lowest BCUT2D eigenvalue weighted by molar-refractivity contribution is -0.137. The van der Waals surface area contributed by atoms with E-state index >= 15 is 0 Å². The van der Waals surface area contributed by atoms with Crippen LogP contribution in [0.25, 0.3) is 5.69 Å². The van der Waals surface area contributed by atoms with Gasteiger partial charge in [-0.15, -0.1) is 0 Å². The summed E-state index contributed by atoms with van der Waals surface area (Å²) < 4.78 is 41.9. The zero-order chi connectivity index (χ0) is 21.5. The third-order valence-electron chi connectivity index (χ3n) is 4.64. The average Bonchev–Trinajstić information content (AvgIpc) is 3.26.